The number of H-pyrrole nitrogens is 1. The Morgan fingerprint density at radius 3 is 2.71 bits per heavy atom. The average molecular weight is 490 g/mol. The van der Waals surface area contributed by atoms with Crippen LogP contribution in [-0.4, -0.2) is 41.7 Å². The first kappa shape index (κ1) is 22.3. The third-order valence-corrected chi connectivity index (χ3v) is 4.98. The molecule has 0 bridgehead atoms. The van der Waals surface area contributed by atoms with Crippen LogP contribution in [0.15, 0.2) is 55.6 Å². The van der Waals surface area contributed by atoms with Crippen LogP contribution in [0.3, 0.4) is 0 Å². The number of hydrogen-bond donors (Lipinski definition) is 1. The quantitative estimate of drug-likeness (QED) is 0.403. The summed E-state index contributed by atoms with van der Waals surface area (Å²) in [6.07, 6.45) is 0.510. The number of ether oxygens (including phenoxy) is 3. The lowest BCUT2D eigenvalue weighted by Crippen LogP contribution is -2.32. The molecule has 3 aromatic rings. The highest BCUT2D eigenvalue weighted by Crippen LogP contribution is 2.34. The van der Waals surface area contributed by atoms with Crippen LogP contribution in [0.25, 0.3) is 10.9 Å². The van der Waals surface area contributed by atoms with Crippen molar-refractivity contribution in [3.63, 3.8) is 0 Å². The van der Waals surface area contributed by atoms with Gasteiger partial charge in [0.2, 0.25) is 0 Å². The molecular formula is C21H20BrN3O6. The van der Waals surface area contributed by atoms with Gasteiger partial charge in [0, 0.05) is 10.0 Å². The summed E-state index contributed by atoms with van der Waals surface area (Å²) in [5.41, 5.74) is -0.234. The number of hydrogen-bond acceptors (Lipinski definition) is 7. The van der Waals surface area contributed by atoms with Gasteiger partial charge in [-0.3, -0.25) is 4.79 Å². The van der Waals surface area contributed by atoms with Crippen LogP contribution in [0.2, 0.25) is 0 Å². The SMILES string of the molecule is CCOc1cc(C=Nn2c(=O)[nH]c3ccccc3c2=O)c(Br)cc1O[C@@H](C)C(=O)OC. The molecule has 0 radical (unpaired) electrons. The van der Waals surface area contributed by atoms with E-state index in [1.54, 1.807) is 50.2 Å². The van der Waals surface area contributed by atoms with Gasteiger partial charge in [0.05, 0.1) is 30.8 Å². The standard InChI is InChI=1S/C21H20BrN3O6/c1-4-30-17-9-13(15(22)10-18(17)31-12(2)20(27)29-3)11-23-25-19(26)14-7-5-6-8-16(14)24-21(25)28/h5-12H,4H2,1-3H3,(H,24,28)/t12-/m0/s1. The van der Waals surface area contributed by atoms with Crippen LogP contribution in [0.5, 0.6) is 11.5 Å². The summed E-state index contributed by atoms with van der Waals surface area (Å²) < 4.78 is 17.2. The maximum absolute atomic E-state index is 12.6. The van der Waals surface area contributed by atoms with Crippen molar-refractivity contribution in [2.75, 3.05) is 13.7 Å². The van der Waals surface area contributed by atoms with Gasteiger partial charge in [0.1, 0.15) is 0 Å². The first-order valence-corrected chi connectivity index (χ1v) is 10.1. The minimum atomic E-state index is -0.842. The van der Waals surface area contributed by atoms with Gasteiger partial charge in [-0.15, -0.1) is 4.68 Å². The van der Waals surface area contributed by atoms with Gasteiger partial charge in [-0.25, -0.2) is 9.59 Å². The average Bonchev–Trinajstić information content (AvgIpc) is 2.75. The number of esters is 1. The van der Waals surface area contributed by atoms with Crippen LogP contribution in [0, 0.1) is 0 Å². The summed E-state index contributed by atoms with van der Waals surface area (Å²) >= 11 is 3.41. The molecule has 0 unspecified atom stereocenters. The Bertz CT molecular complexity index is 1260. The molecule has 0 aliphatic rings. The lowest BCUT2D eigenvalue weighted by atomic mass is 10.2. The molecule has 1 atom stereocenters. The van der Waals surface area contributed by atoms with Crippen LogP contribution >= 0.6 is 15.9 Å². The molecule has 1 heterocycles. The first-order chi connectivity index (χ1) is 14.8. The van der Waals surface area contributed by atoms with Gasteiger partial charge in [-0.1, -0.05) is 12.1 Å². The van der Waals surface area contributed by atoms with E-state index >= 15 is 0 Å². The van der Waals surface area contributed by atoms with Crippen LogP contribution in [-0.2, 0) is 9.53 Å². The van der Waals surface area contributed by atoms with Gasteiger partial charge in [0.15, 0.2) is 17.6 Å². The Kier molecular flexibility index (Phi) is 6.91. The van der Waals surface area contributed by atoms with E-state index in [-0.39, 0.29) is 0 Å². The van der Waals surface area contributed by atoms with Crippen molar-refractivity contribution in [2.45, 2.75) is 20.0 Å². The number of benzene rings is 2. The summed E-state index contributed by atoms with van der Waals surface area (Å²) in [6.45, 7) is 3.71. The number of para-hydroxylation sites is 1. The number of nitrogens with zero attached hydrogens (tertiary/aromatic N) is 2. The number of methoxy groups -OCH3 is 1. The van der Waals surface area contributed by atoms with Gasteiger partial charge < -0.3 is 19.2 Å². The van der Waals surface area contributed by atoms with E-state index in [9.17, 15) is 14.4 Å². The smallest absolute Gasteiger partial charge is 0.349 e. The molecular weight excluding hydrogens is 470 g/mol. The molecule has 0 amide bonds. The van der Waals surface area contributed by atoms with Crippen LogP contribution < -0.4 is 20.7 Å². The first-order valence-electron chi connectivity index (χ1n) is 9.35. The fourth-order valence-corrected chi connectivity index (χ4v) is 3.22. The zero-order valence-corrected chi connectivity index (χ0v) is 18.6. The van der Waals surface area contributed by atoms with E-state index < -0.39 is 23.3 Å². The number of halogens is 1. The van der Waals surface area contributed by atoms with Crippen molar-refractivity contribution in [1.29, 1.82) is 0 Å². The lowest BCUT2D eigenvalue weighted by molar-refractivity contribution is -0.147. The van der Waals surface area contributed by atoms with E-state index in [0.29, 0.717) is 39.0 Å². The Morgan fingerprint density at radius 1 is 1.26 bits per heavy atom. The van der Waals surface area contributed by atoms with E-state index in [0.717, 1.165) is 4.68 Å². The fourth-order valence-electron chi connectivity index (χ4n) is 2.79. The van der Waals surface area contributed by atoms with Crippen molar-refractivity contribution in [2.24, 2.45) is 5.10 Å². The van der Waals surface area contributed by atoms with Crippen LogP contribution in [0.1, 0.15) is 19.4 Å². The number of rotatable bonds is 7. The highest BCUT2D eigenvalue weighted by Gasteiger charge is 2.19. The summed E-state index contributed by atoms with van der Waals surface area (Å²) in [6, 6.07) is 9.91. The van der Waals surface area contributed by atoms with E-state index in [4.69, 9.17) is 9.47 Å². The van der Waals surface area contributed by atoms with Crippen molar-refractivity contribution in [3.8, 4) is 11.5 Å². The molecule has 162 valence electrons. The van der Waals surface area contributed by atoms with E-state index in [1.165, 1.54) is 13.3 Å². The second-order valence-corrected chi connectivity index (χ2v) is 7.23. The number of carbonyl (C=O) groups excluding carboxylic acids is 1. The predicted molar refractivity (Wildman–Crippen MR) is 119 cm³/mol. The maximum Gasteiger partial charge on any atom is 0.349 e. The molecule has 0 saturated heterocycles. The van der Waals surface area contributed by atoms with Crippen molar-refractivity contribution < 1.29 is 19.0 Å². The number of aromatic amines is 1. The minimum Gasteiger partial charge on any atom is -0.490 e. The molecule has 9 nitrogen and oxygen atoms in total. The third-order valence-electron chi connectivity index (χ3n) is 4.30. The van der Waals surface area contributed by atoms with Crippen LogP contribution in [0.4, 0.5) is 0 Å². The van der Waals surface area contributed by atoms with Crippen molar-refractivity contribution in [1.82, 2.24) is 9.66 Å². The highest BCUT2D eigenvalue weighted by molar-refractivity contribution is 9.10. The molecule has 0 saturated carbocycles. The Balaban J connectivity index is 2.00. The third kappa shape index (κ3) is 4.85. The maximum atomic E-state index is 12.6. The molecule has 3 rings (SSSR count). The zero-order valence-electron chi connectivity index (χ0n) is 17.0. The molecule has 31 heavy (non-hydrogen) atoms. The molecule has 10 heteroatoms. The van der Waals surface area contributed by atoms with Gasteiger partial charge in [-0.05, 0) is 54.0 Å². The van der Waals surface area contributed by atoms with Crippen molar-refractivity contribution >= 4 is 39.0 Å². The Labute approximate surface area is 185 Å². The summed E-state index contributed by atoms with van der Waals surface area (Å²) in [7, 11) is 1.28. The Morgan fingerprint density at radius 2 is 2.00 bits per heavy atom. The number of aromatic nitrogens is 2. The molecule has 0 aliphatic heterocycles. The number of carbonyl (C=O) groups is 1. The molecule has 1 N–H and O–H groups in total. The summed E-state index contributed by atoms with van der Waals surface area (Å²) in [4.78, 5) is 39.2. The highest BCUT2D eigenvalue weighted by atomic mass is 79.9. The number of fused-ring (bicyclic) bond motifs is 1. The van der Waals surface area contributed by atoms with E-state index in [2.05, 4.69) is 30.8 Å². The second kappa shape index (κ2) is 9.61. The van der Waals surface area contributed by atoms with Gasteiger partial charge in [-0.2, -0.15) is 5.10 Å². The second-order valence-electron chi connectivity index (χ2n) is 6.37. The van der Waals surface area contributed by atoms with E-state index in [1.807, 2.05) is 0 Å². The molecule has 0 aliphatic carbocycles. The Hall–Kier alpha value is -3.40. The molecule has 2 aromatic carbocycles. The predicted octanol–water partition coefficient (Wildman–Crippen LogP) is 2.67. The monoisotopic (exact) mass is 489 g/mol. The topological polar surface area (TPSA) is 112 Å². The molecule has 0 fully saturated rings. The molecule has 1 aromatic heterocycles. The fraction of sp³-hybridized carbons (Fsp3) is 0.238. The summed E-state index contributed by atoms with van der Waals surface area (Å²) in [5.74, 6) is 0.159. The van der Waals surface area contributed by atoms with Gasteiger partial charge in [0.25, 0.3) is 5.56 Å². The largest absolute Gasteiger partial charge is 0.490 e. The molecule has 0 spiro atoms. The summed E-state index contributed by atoms with van der Waals surface area (Å²) in [5, 5.41) is 4.40. The minimum absolute atomic E-state index is 0.324. The van der Waals surface area contributed by atoms with Crippen molar-refractivity contribution in [3.05, 3.63) is 67.3 Å². The zero-order chi connectivity index (χ0) is 22.5. The normalized spacial score (nSPS) is 12.1. The lowest BCUT2D eigenvalue weighted by Gasteiger charge is -2.17. The number of nitrogens with one attached hydrogen (secondary N) is 1. The van der Waals surface area contributed by atoms with Gasteiger partial charge >= 0.3 is 11.7 Å².